The Morgan fingerprint density at radius 1 is 1.08 bits per heavy atom. The minimum absolute atomic E-state index is 0. The maximum absolute atomic E-state index is 13.3. The molecule has 214 valence electrons. The highest BCUT2D eigenvalue weighted by Gasteiger charge is 2.33. The number of anilines is 3. The van der Waals surface area contributed by atoms with E-state index in [9.17, 15) is 13.2 Å². The smallest absolute Gasteiger partial charge is 0.281 e. The molecule has 1 aliphatic rings. The molecule has 4 N–H and O–H groups in total. The highest BCUT2D eigenvalue weighted by atomic mass is 32.2. The van der Waals surface area contributed by atoms with E-state index < -0.39 is 15.9 Å². The van der Waals surface area contributed by atoms with Crippen LogP contribution in [-0.4, -0.2) is 47.4 Å². The molecular formula is C28H43N7O3S. The highest BCUT2D eigenvalue weighted by molar-refractivity contribution is 7.90. The van der Waals surface area contributed by atoms with Crippen molar-refractivity contribution in [3.05, 3.63) is 54.2 Å². The summed E-state index contributed by atoms with van der Waals surface area (Å²) < 4.78 is 27.9. The summed E-state index contributed by atoms with van der Waals surface area (Å²) >= 11 is 0. The Labute approximate surface area is 235 Å². The van der Waals surface area contributed by atoms with Gasteiger partial charge in [-0.05, 0) is 82.3 Å². The van der Waals surface area contributed by atoms with Crippen LogP contribution in [0.15, 0.2) is 53.7 Å². The minimum atomic E-state index is -4.24. The van der Waals surface area contributed by atoms with Gasteiger partial charge in [-0.25, -0.2) is 19.7 Å². The van der Waals surface area contributed by atoms with E-state index in [2.05, 4.69) is 59.5 Å². The van der Waals surface area contributed by atoms with Crippen LogP contribution in [0.2, 0.25) is 0 Å². The molecule has 39 heavy (non-hydrogen) atoms. The van der Waals surface area contributed by atoms with Crippen LogP contribution in [0.4, 0.5) is 17.5 Å². The van der Waals surface area contributed by atoms with Gasteiger partial charge in [-0.3, -0.25) is 4.79 Å². The fourth-order valence-electron chi connectivity index (χ4n) is 5.05. The molecule has 3 aromatic heterocycles. The number of carbonyl (C=O) groups excluding carboxylic acids is 1. The third kappa shape index (κ3) is 6.65. The van der Waals surface area contributed by atoms with Gasteiger partial charge in [-0.1, -0.05) is 19.9 Å². The molecule has 10 nitrogen and oxygen atoms in total. The van der Waals surface area contributed by atoms with Gasteiger partial charge in [-0.2, -0.15) is 8.42 Å². The predicted molar refractivity (Wildman–Crippen MR) is 160 cm³/mol. The Morgan fingerprint density at radius 2 is 1.79 bits per heavy atom. The van der Waals surface area contributed by atoms with E-state index >= 15 is 0 Å². The molecule has 3 atom stereocenters. The minimum Gasteiger partial charge on any atom is -0.384 e. The zero-order valence-electron chi connectivity index (χ0n) is 23.0. The second kappa shape index (κ2) is 11.6. The largest absolute Gasteiger partial charge is 0.384 e. The molecule has 3 aromatic rings. The van der Waals surface area contributed by atoms with Gasteiger partial charge in [0, 0.05) is 34.2 Å². The summed E-state index contributed by atoms with van der Waals surface area (Å²) in [6.45, 7) is 10.7. The number of hydrogen-bond donors (Lipinski definition) is 3. The first-order valence-corrected chi connectivity index (χ1v) is 14.7. The van der Waals surface area contributed by atoms with Crippen molar-refractivity contribution in [2.75, 3.05) is 16.0 Å². The molecule has 0 saturated carbocycles. The van der Waals surface area contributed by atoms with Gasteiger partial charge in [-0.15, -0.1) is 0 Å². The Hall–Kier alpha value is -3.73. The first kappa shape index (κ1) is 28.3. The molecule has 0 radical (unpaired) electrons. The van der Waals surface area contributed by atoms with Crippen molar-refractivity contribution in [2.24, 2.45) is 5.92 Å². The monoisotopic (exact) mass is 557 g/mol. The van der Waals surface area contributed by atoms with Crippen LogP contribution in [0, 0.1) is 5.92 Å². The van der Waals surface area contributed by atoms with Crippen molar-refractivity contribution in [1.82, 2.24) is 19.7 Å². The molecule has 4 heterocycles. The van der Waals surface area contributed by atoms with Crippen molar-refractivity contribution in [1.29, 1.82) is 0 Å². The summed E-state index contributed by atoms with van der Waals surface area (Å²) in [6.07, 6.45) is 4.67. The van der Waals surface area contributed by atoms with Crippen LogP contribution in [0.25, 0.3) is 11.3 Å². The number of carbonyl (C=O) groups is 1. The zero-order chi connectivity index (χ0) is 28.3. The zero-order valence-corrected chi connectivity index (χ0v) is 23.9. The number of nitrogens with one attached hydrogen (secondary N) is 2. The van der Waals surface area contributed by atoms with E-state index in [4.69, 9.17) is 10.7 Å². The van der Waals surface area contributed by atoms with Crippen LogP contribution in [0.5, 0.6) is 0 Å². The van der Waals surface area contributed by atoms with Crippen molar-refractivity contribution < 1.29 is 17.5 Å². The lowest BCUT2D eigenvalue weighted by molar-refractivity contribution is 0.0981. The van der Waals surface area contributed by atoms with E-state index in [1.807, 2.05) is 12.1 Å². The molecule has 1 amide bonds. The van der Waals surface area contributed by atoms with Gasteiger partial charge < -0.3 is 16.0 Å². The van der Waals surface area contributed by atoms with E-state index in [1.165, 1.54) is 18.2 Å². The van der Waals surface area contributed by atoms with Crippen LogP contribution < -0.4 is 20.7 Å². The standard InChI is InChI=1S/C28H37N7O3S.3H2/c1-17(2)15-18(3)31-25-14-11-21(16-30-25)23-13-12-22(27(32-23)35-19(4)9-10-20(35)5)28(36)34-39(37,38)26-8-6-7-24(29)33-26;;;/h6-8,11-14,16-20H,9-10,15H2,1-5H3,(H2,29,33)(H,30,31)(H,34,36);3*1H/t18-,19-,20+;;;/m0.../s1. The lowest BCUT2D eigenvalue weighted by Gasteiger charge is -2.29. The lowest BCUT2D eigenvalue weighted by Crippen LogP contribution is -2.37. The van der Waals surface area contributed by atoms with Gasteiger partial charge in [0.25, 0.3) is 15.9 Å². The van der Waals surface area contributed by atoms with E-state index in [1.54, 1.807) is 18.3 Å². The van der Waals surface area contributed by atoms with E-state index in [0.29, 0.717) is 23.5 Å². The molecule has 0 unspecified atom stereocenters. The van der Waals surface area contributed by atoms with Crippen molar-refractivity contribution in [3.8, 4) is 11.3 Å². The number of pyridine rings is 3. The SMILES string of the molecule is CC(C)C[C@H](C)Nc1ccc(-c2ccc(C(=O)NS(=O)(=O)c3cccc(N)n3)c(N3[C@H](C)CC[C@@H]3C)n2)cn1.[HH].[HH].[HH]. The number of nitrogens with zero attached hydrogens (tertiary/aromatic N) is 4. The van der Waals surface area contributed by atoms with Crippen molar-refractivity contribution in [3.63, 3.8) is 0 Å². The maximum Gasteiger partial charge on any atom is 0.281 e. The number of hydrogen-bond acceptors (Lipinski definition) is 9. The van der Waals surface area contributed by atoms with Gasteiger partial charge in [0.05, 0.1) is 11.3 Å². The van der Waals surface area contributed by atoms with Crippen molar-refractivity contribution in [2.45, 2.75) is 77.0 Å². The number of nitrogen functional groups attached to an aromatic ring is 1. The number of nitrogens with two attached hydrogens (primary N) is 1. The predicted octanol–water partition coefficient (Wildman–Crippen LogP) is 5.20. The molecule has 1 aliphatic heterocycles. The second-order valence-corrected chi connectivity index (χ2v) is 12.3. The third-order valence-electron chi connectivity index (χ3n) is 6.84. The van der Waals surface area contributed by atoms with Crippen LogP contribution >= 0.6 is 0 Å². The van der Waals surface area contributed by atoms with Crippen LogP contribution in [-0.2, 0) is 10.0 Å². The molecule has 0 aromatic carbocycles. The molecule has 1 fully saturated rings. The molecule has 0 aliphatic carbocycles. The molecular weight excluding hydrogens is 514 g/mol. The third-order valence-corrected chi connectivity index (χ3v) is 8.07. The molecule has 4 rings (SSSR count). The quantitative estimate of drug-likeness (QED) is 0.323. The van der Waals surface area contributed by atoms with Gasteiger partial charge >= 0.3 is 0 Å². The molecule has 1 saturated heterocycles. The fourth-order valence-corrected chi connectivity index (χ4v) is 6.00. The van der Waals surface area contributed by atoms with Crippen LogP contribution in [0.3, 0.4) is 0 Å². The summed E-state index contributed by atoms with van der Waals surface area (Å²) in [4.78, 5) is 28.7. The Bertz CT molecular complexity index is 1430. The van der Waals surface area contributed by atoms with E-state index in [0.717, 1.165) is 30.6 Å². The van der Waals surface area contributed by atoms with Gasteiger partial charge in [0.1, 0.15) is 17.5 Å². The fraction of sp³-hybridized carbons (Fsp3) is 0.429. The highest BCUT2D eigenvalue weighted by Crippen LogP contribution is 2.33. The lowest BCUT2D eigenvalue weighted by atomic mass is 10.1. The number of aromatic nitrogens is 3. The van der Waals surface area contributed by atoms with Gasteiger partial charge in [0.15, 0.2) is 5.03 Å². The average Bonchev–Trinajstić information content (AvgIpc) is 3.21. The normalized spacial score (nSPS) is 18.3. The topological polar surface area (TPSA) is 143 Å². The molecule has 0 bridgehead atoms. The summed E-state index contributed by atoms with van der Waals surface area (Å²) in [5.74, 6) is 1.06. The van der Waals surface area contributed by atoms with Crippen molar-refractivity contribution >= 4 is 33.4 Å². The maximum atomic E-state index is 13.3. The van der Waals surface area contributed by atoms with Gasteiger partial charge in [0.2, 0.25) is 0 Å². The number of sulfonamides is 1. The summed E-state index contributed by atoms with van der Waals surface area (Å²) in [5, 5.41) is 3.09. The summed E-state index contributed by atoms with van der Waals surface area (Å²) in [6, 6.07) is 12.0. The van der Waals surface area contributed by atoms with E-state index in [-0.39, 0.29) is 32.8 Å². The second-order valence-electron chi connectivity index (χ2n) is 10.7. The first-order chi connectivity index (χ1) is 18.4. The van der Waals surface area contributed by atoms with Crippen LogP contribution in [0.1, 0.15) is 68.5 Å². The summed E-state index contributed by atoms with van der Waals surface area (Å²) in [5.41, 5.74) is 7.25. The summed E-state index contributed by atoms with van der Waals surface area (Å²) in [7, 11) is -4.24. The molecule has 0 spiro atoms. The Balaban J connectivity index is 0.00000294. The Kier molecular flexibility index (Phi) is 8.39. The Morgan fingerprint density at radius 3 is 2.41 bits per heavy atom. The average molecular weight is 558 g/mol. The first-order valence-electron chi connectivity index (χ1n) is 13.3. The molecule has 11 heteroatoms. The number of amides is 1. The number of rotatable bonds is 9.